The smallest absolute Gasteiger partial charge is 0.338 e. The quantitative estimate of drug-likeness (QED) is 0.524. The SMILES string of the molecule is COC(=O)c1cc(OC(=O)C(C(C)C)N2CC(C)OC(C)C2)cc(C(=O)OC)c1. The van der Waals surface area contributed by atoms with Crippen LogP contribution in [-0.4, -0.2) is 68.4 Å². The van der Waals surface area contributed by atoms with Gasteiger partial charge >= 0.3 is 17.9 Å². The molecular weight excluding hydrogens is 378 g/mol. The molecule has 0 radical (unpaired) electrons. The number of esters is 3. The van der Waals surface area contributed by atoms with Crippen LogP contribution >= 0.6 is 0 Å². The molecule has 1 fully saturated rings. The van der Waals surface area contributed by atoms with E-state index in [-0.39, 0.29) is 35.0 Å². The molecule has 3 unspecified atom stereocenters. The van der Waals surface area contributed by atoms with Gasteiger partial charge in [0, 0.05) is 13.1 Å². The third-order valence-electron chi connectivity index (χ3n) is 4.68. The molecule has 0 N–H and O–H groups in total. The molecular formula is C21H29NO7. The molecule has 0 aliphatic carbocycles. The van der Waals surface area contributed by atoms with Crippen LogP contribution in [0.15, 0.2) is 18.2 Å². The summed E-state index contributed by atoms with van der Waals surface area (Å²) >= 11 is 0. The van der Waals surface area contributed by atoms with Crippen molar-refractivity contribution < 1.29 is 33.3 Å². The highest BCUT2D eigenvalue weighted by molar-refractivity contribution is 5.96. The van der Waals surface area contributed by atoms with Crippen molar-refractivity contribution in [2.75, 3.05) is 27.3 Å². The van der Waals surface area contributed by atoms with E-state index in [9.17, 15) is 14.4 Å². The summed E-state index contributed by atoms with van der Waals surface area (Å²) in [4.78, 5) is 39.0. The molecule has 0 aromatic heterocycles. The molecule has 0 bridgehead atoms. The Hall–Kier alpha value is -2.45. The van der Waals surface area contributed by atoms with Crippen molar-refractivity contribution in [2.24, 2.45) is 5.92 Å². The number of morpholine rings is 1. The Morgan fingerprint density at radius 2 is 1.45 bits per heavy atom. The van der Waals surface area contributed by atoms with Crippen LogP contribution in [-0.2, 0) is 19.0 Å². The van der Waals surface area contributed by atoms with Gasteiger partial charge in [-0.05, 0) is 38.0 Å². The van der Waals surface area contributed by atoms with Gasteiger partial charge in [0.15, 0.2) is 0 Å². The van der Waals surface area contributed by atoms with E-state index in [0.717, 1.165) is 0 Å². The molecule has 0 amide bonds. The summed E-state index contributed by atoms with van der Waals surface area (Å²) in [5, 5.41) is 0. The van der Waals surface area contributed by atoms with Crippen molar-refractivity contribution in [2.45, 2.75) is 45.9 Å². The maximum Gasteiger partial charge on any atom is 0.338 e. The number of hydrogen-bond donors (Lipinski definition) is 0. The van der Waals surface area contributed by atoms with Crippen LogP contribution in [0.3, 0.4) is 0 Å². The zero-order chi connectivity index (χ0) is 21.7. The van der Waals surface area contributed by atoms with E-state index < -0.39 is 23.9 Å². The van der Waals surface area contributed by atoms with Gasteiger partial charge in [-0.2, -0.15) is 0 Å². The highest BCUT2D eigenvalue weighted by Crippen LogP contribution is 2.23. The van der Waals surface area contributed by atoms with Crippen LogP contribution in [0.1, 0.15) is 48.4 Å². The van der Waals surface area contributed by atoms with Gasteiger partial charge in [-0.3, -0.25) is 4.90 Å². The number of methoxy groups -OCH3 is 2. The van der Waals surface area contributed by atoms with E-state index in [2.05, 4.69) is 4.90 Å². The van der Waals surface area contributed by atoms with Gasteiger partial charge in [-0.15, -0.1) is 0 Å². The standard InChI is InChI=1S/C21H29NO7/c1-12(2)18(22-10-13(3)28-14(4)11-22)21(25)29-17-8-15(19(23)26-5)7-16(9-17)20(24)27-6/h7-9,12-14,18H,10-11H2,1-6H3. The Morgan fingerprint density at radius 1 is 0.966 bits per heavy atom. The molecule has 29 heavy (non-hydrogen) atoms. The molecule has 1 aromatic carbocycles. The van der Waals surface area contributed by atoms with Crippen molar-refractivity contribution in [1.29, 1.82) is 0 Å². The molecule has 1 aliphatic heterocycles. The van der Waals surface area contributed by atoms with E-state index in [1.165, 1.54) is 32.4 Å². The predicted octanol–water partition coefficient (Wildman–Crippen LogP) is 2.30. The number of hydrogen-bond acceptors (Lipinski definition) is 8. The van der Waals surface area contributed by atoms with E-state index in [4.69, 9.17) is 18.9 Å². The fourth-order valence-corrected chi connectivity index (χ4v) is 3.59. The highest BCUT2D eigenvalue weighted by Gasteiger charge is 2.35. The minimum Gasteiger partial charge on any atom is -0.465 e. The summed E-state index contributed by atoms with van der Waals surface area (Å²) in [6.07, 6.45) is 0.00255. The molecule has 160 valence electrons. The van der Waals surface area contributed by atoms with Crippen LogP contribution in [0.4, 0.5) is 0 Å². The Morgan fingerprint density at radius 3 is 1.86 bits per heavy atom. The first-order valence-corrected chi connectivity index (χ1v) is 9.59. The second-order valence-corrected chi connectivity index (χ2v) is 7.55. The topological polar surface area (TPSA) is 91.4 Å². The van der Waals surface area contributed by atoms with Gasteiger partial charge in [-0.1, -0.05) is 13.8 Å². The first kappa shape index (κ1) is 22.8. The average Bonchev–Trinajstić information content (AvgIpc) is 2.65. The molecule has 1 heterocycles. The molecule has 1 aliphatic rings. The van der Waals surface area contributed by atoms with E-state index in [0.29, 0.717) is 13.1 Å². The number of nitrogens with zero attached hydrogens (tertiary/aromatic N) is 1. The fourth-order valence-electron chi connectivity index (χ4n) is 3.59. The van der Waals surface area contributed by atoms with Gasteiger partial charge in [0.1, 0.15) is 11.8 Å². The summed E-state index contributed by atoms with van der Waals surface area (Å²) in [7, 11) is 2.46. The van der Waals surface area contributed by atoms with Crippen LogP contribution in [0.25, 0.3) is 0 Å². The predicted molar refractivity (Wildman–Crippen MR) is 105 cm³/mol. The van der Waals surface area contributed by atoms with Crippen molar-refractivity contribution in [3.8, 4) is 5.75 Å². The van der Waals surface area contributed by atoms with Crippen LogP contribution < -0.4 is 4.74 Å². The van der Waals surface area contributed by atoms with Crippen molar-refractivity contribution in [3.05, 3.63) is 29.3 Å². The van der Waals surface area contributed by atoms with Gasteiger partial charge in [-0.25, -0.2) is 14.4 Å². The number of carbonyl (C=O) groups excluding carboxylic acids is 3. The lowest BCUT2D eigenvalue weighted by molar-refractivity contribution is -0.148. The maximum atomic E-state index is 13.0. The molecule has 8 nitrogen and oxygen atoms in total. The number of carbonyl (C=O) groups is 3. The molecule has 0 spiro atoms. The van der Waals surface area contributed by atoms with Gasteiger partial charge in [0.05, 0.1) is 37.6 Å². The molecule has 1 saturated heterocycles. The van der Waals surface area contributed by atoms with Crippen molar-refractivity contribution in [1.82, 2.24) is 4.90 Å². The number of ether oxygens (including phenoxy) is 4. The first-order valence-electron chi connectivity index (χ1n) is 9.59. The number of benzene rings is 1. The lowest BCUT2D eigenvalue weighted by Gasteiger charge is -2.40. The summed E-state index contributed by atoms with van der Waals surface area (Å²) in [5.41, 5.74) is 0.181. The Labute approximate surface area is 171 Å². The molecule has 2 rings (SSSR count). The Bertz CT molecular complexity index is 717. The van der Waals surface area contributed by atoms with Crippen LogP contribution in [0.5, 0.6) is 5.75 Å². The minimum atomic E-state index is -0.649. The molecule has 0 saturated carbocycles. The zero-order valence-corrected chi connectivity index (χ0v) is 17.8. The summed E-state index contributed by atoms with van der Waals surface area (Å²) in [6.45, 7) is 9.04. The van der Waals surface area contributed by atoms with Gasteiger partial charge in [0.25, 0.3) is 0 Å². The third-order valence-corrected chi connectivity index (χ3v) is 4.68. The normalized spacial score (nSPS) is 20.8. The second kappa shape index (κ2) is 9.84. The third kappa shape index (κ3) is 5.77. The Kier molecular flexibility index (Phi) is 7.75. The summed E-state index contributed by atoms with van der Waals surface area (Å²) < 4.78 is 20.8. The zero-order valence-electron chi connectivity index (χ0n) is 17.8. The summed E-state index contributed by atoms with van der Waals surface area (Å²) in [5.74, 6) is -1.69. The van der Waals surface area contributed by atoms with Crippen molar-refractivity contribution >= 4 is 17.9 Å². The van der Waals surface area contributed by atoms with E-state index >= 15 is 0 Å². The monoisotopic (exact) mass is 407 g/mol. The minimum absolute atomic E-state index is 0.00128. The second-order valence-electron chi connectivity index (χ2n) is 7.55. The van der Waals surface area contributed by atoms with Crippen LogP contribution in [0, 0.1) is 5.92 Å². The molecule has 8 heteroatoms. The summed E-state index contributed by atoms with van der Waals surface area (Å²) in [6, 6.07) is 3.59. The molecule has 3 atom stereocenters. The molecule has 1 aromatic rings. The van der Waals surface area contributed by atoms with E-state index in [1.54, 1.807) is 0 Å². The highest BCUT2D eigenvalue weighted by atomic mass is 16.5. The lowest BCUT2D eigenvalue weighted by Crippen LogP contribution is -2.55. The Balaban J connectivity index is 2.30. The first-order chi connectivity index (χ1) is 13.7. The van der Waals surface area contributed by atoms with E-state index in [1.807, 2.05) is 27.7 Å². The van der Waals surface area contributed by atoms with Crippen LogP contribution in [0.2, 0.25) is 0 Å². The average molecular weight is 407 g/mol. The van der Waals surface area contributed by atoms with Gasteiger partial charge < -0.3 is 18.9 Å². The largest absolute Gasteiger partial charge is 0.465 e. The lowest BCUT2D eigenvalue weighted by atomic mass is 10.0. The van der Waals surface area contributed by atoms with Gasteiger partial charge in [0.2, 0.25) is 0 Å². The number of rotatable bonds is 6. The fraction of sp³-hybridized carbons (Fsp3) is 0.571. The van der Waals surface area contributed by atoms with Crippen molar-refractivity contribution in [3.63, 3.8) is 0 Å². The maximum absolute atomic E-state index is 13.0.